The molecule has 1 aliphatic heterocycles. The lowest BCUT2D eigenvalue weighted by atomic mass is 9.99. The van der Waals surface area contributed by atoms with E-state index in [1.807, 2.05) is 67.1 Å². The van der Waals surface area contributed by atoms with Crippen LogP contribution < -0.4 is 10.6 Å². The molecule has 9 nitrogen and oxygen atoms in total. The molecule has 1 saturated heterocycles. The number of hydrogen-bond donors (Lipinski definition) is 3. The molecule has 3 atom stereocenters. The molecule has 1 aliphatic rings. The van der Waals surface area contributed by atoms with Crippen LogP contribution in [0.4, 0.5) is 4.79 Å². The fourth-order valence-corrected chi connectivity index (χ4v) is 5.63. The summed E-state index contributed by atoms with van der Waals surface area (Å²) < 4.78 is 15.0. The summed E-state index contributed by atoms with van der Waals surface area (Å²) in [6.45, 7) is 2.92. The number of carbonyl (C=O) groups is 1. The van der Waals surface area contributed by atoms with Gasteiger partial charge in [0.1, 0.15) is 6.33 Å². The number of nitrogens with one attached hydrogen (secondary N) is 2. The van der Waals surface area contributed by atoms with Crippen molar-refractivity contribution in [1.29, 1.82) is 0 Å². The molecule has 5 rings (SSSR count). The Labute approximate surface area is 244 Å². The topological polar surface area (TPSA) is 111 Å². The van der Waals surface area contributed by atoms with Crippen molar-refractivity contribution in [3.05, 3.63) is 101 Å². The third-order valence-electron chi connectivity index (χ3n) is 6.89. The lowest BCUT2D eigenvalue weighted by molar-refractivity contribution is -0.245. The van der Waals surface area contributed by atoms with Crippen LogP contribution in [0.15, 0.2) is 84.3 Å². The summed E-state index contributed by atoms with van der Waals surface area (Å²) in [4.78, 5) is 11.8. The van der Waals surface area contributed by atoms with Crippen LogP contribution in [-0.2, 0) is 29.7 Å². The summed E-state index contributed by atoms with van der Waals surface area (Å²) in [5, 5.41) is 24.1. The normalized spacial score (nSPS) is 18.7. The third kappa shape index (κ3) is 7.53. The number of hydrogen-bond acceptors (Lipinski definition) is 7. The molecule has 2 amide bonds. The van der Waals surface area contributed by atoms with Crippen molar-refractivity contribution >= 4 is 17.8 Å². The van der Waals surface area contributed by atoms with Gasteiger partial charge in [-0.1, -0.05) is 72.4 Å². The van der Waals surface area contributed by atoms with Gasteiger partial charge in [0.15, 0.2) is 11.4 Å². The molecule has 0 bridgehead atoms. The zero-order valence-electron chi connectivity index (χ0n) is 23.2. The molecule has 3 aromatic carbocycles. The van der Waals surface area contributed by atoms with Crippen LogP contribution in [0.5, 0.6) is 0 Å². The SMILES string of the molecule is CCNC(=O)NCc1cccc(-c2cccc([C@@H]3O[C@H](CSc4nncn4C)C[C@H](c4ccc(CO)cc4)O3)c2)c1. The molecule has 0 unspecified atom stereocenters. The van der Waals surface area contributed by atoms with E-state index in [2.05, 4.69) is 45.1 Å². The van der Waals surface area contributed by atoms with Crippen molar-refractivity contribution in [2.75, 3.05) is 12.3 Å². The van der Waals surface area contributed by atoms with Crippen LogP contribution in [-0.4, -0.2) is 44.3 Å². The highest BCUT2D eigenvalue weighted by Gasteiger charge is 2.32. The van der Waals surface area contributed by atoms with Crippen molar-refractivity contribution in [2.24, 2.45) is 7.05 Å². The molecular weight excluding hydrogens is 538 g/mol. The highest BCUT2D eigenvalue weighted by molar-refractivity contribution is 7.99. The van der Waals surface area contributed by atoms with E-state index in [1.165, 1.54) is 0 Å². The Bertz CT molecular complexity index is 1440. The monoisotopic (exact) mass is 573 g/mol. The smallest absolute Gasteiger partial charge is 0.315 e. The van der Waals surface area contributed by atoms with E-state index in [4.69, 9.17) is 9.47 Å². The van der Waals surface area contributed by atoms with E-state index in [0.717, 1.165) is 38.5 Å². The second-order valence-electron chi connectivity index (χ2n) is 9.92. The highest BCUT2D eigenvalue weighted by Crippen LogP contribution is 2.40. The Morgan fingerprint density at radius 2 is 1.78 bits per heavy atom. The Morgan fingerprint density at radius 3 is 2.51 bits per heavy atom. The molecule has 10 heteroatoms. The van der Waals surface area contributed by atoms with E-state index < -0.39 is 6.29 Å². The number of nitrogens with zero attached hydrogens (tertiary/aromatic N) is 3. The maximum Gasteiger partial charge on any atom is 0.315 e. The fourth-order valence-electron chi connectivity index (χ4n) is 4.72. The Balaban J connectivity index is 1.36. The molecule has 0 saturated carbocycles. The quantitative estimate of drug-likeness (QED) is 0.226. The zero-order valence-corrected chi connectivity index (χ0v) is 24.0. The second-order valence-corrected chi connectivity index (χ2v) is 10.9. The number of aliphatic hydroxyl groups is 1. The van der Waals surface area contributed by atoms with Crippen LogP contribution in [0, 0.1) is 0 Å². The number of amides is 2. The number of benzene rings is 3. The number of carbonyl (C=O) groups excluding carboxylic acids is 1. The number of urea groups is 1. The maximum absolute atomic E-state index is 11.8. The molecule has 2 heterocycles. The molecule has 3 N–H and O–H groups in total. The van der Waals surface area contributed by atoms with Gasteiger partial charge < -0.3 is 29.8 Å². The van der Waals surface area contributed by atoms with Crippen LogP contribution in [0.2, 0.25) is 0 Å². The number of aryl methyl sites for hydroxylation is 1. The van der Waals surface area contributed by atoms with Crippen molar-refractivity contribution in [3.8, 4) is 11.1 Å². The molecule has 4 aromatic rings. The Kier molecular flexibility index (Phi) is 9.68. The minimum atomic E-state index is -0.557. The maximum atomic E-state index is 11.8. The zero-order chi connectivity index (χ0) is 28.6. The van der Waals surface area contributed by atoms with Gasteiger partial charge in [-0.25, -0.2) is 4.79 Å². The summed E-state index contributed by atoms with van der Waals surface area (Å²) in [6, 6.07) is 24.1. The van der Waals surface area contributed by atoms with Gasteiger partial charge in [0.05, 0.1) is 18.8 Å². The summed E-state index contributed by atoms with van der Waals surface area (Å²) in [5.41, 5.74) is 5.93. The summed E-state index contributed by atoms with van der Waals surface area (Å²) in [6.07, 6.45) is 1.58. The van der Waals surface area contributed by atoms with Gasteiger partial charge >= 0.3 is 6.03 Å². The minimum absolute atomic E-state index is 0.00446. The van der Waals surface area contributed by atoms with E-state index in [1.54, 1.807) is 18.1 Å². The van der Waals surface area contributed by atoms with Gasteiger partial charge in [0.2, 0.25) is 0 Å². The molecule has 1 fully saturated rings. The largest absolute Gasteiger partial charge is 0.392 e. The summed E-state index contributed by atoms with van der Waals surface area (Å²) >= 11 is 1.61. The van der Waals surface area contributed by atoms with Crippen LogP contribution in [0.1, 0.15) is 48.0 Å². The lowest BCUT2D eigenvalue weighted by Crippen LogP contribution is -2.34. The minimum Gasteiger partial charge on any atom is -0.392 e. The molecule has 0 radical (unpaired) electrons. The molecule has 41 heavy (non-hydrogen) atoms. The van der Waals surface area contributed by atoms with Crippen LogP contribution >= 0.6 is 11.8 Å². The van der Waals surface area contributed by atoms with E-state index in [-0.39, 0.29) is 24.8 Å². The predicted octanol–water partition coefficient (Wildman–Crippen LogP) is 5.13. The van der Waals surface area contributed by atoms with Crippen molar-refractivity contribution in [3.63, 3.8) is 0 Å². The predicted molar refractivity (Wildman–Crippen MR) is 158 cm³/mol. The van der Waals surface area contributed by atoms with Crippen LogP contribution in [0.3, 0.4) is 0 Å². The van der Waals surface area contributed by atoms with Crippen molar-refractivity contribution < 1.29 is 19.4 Å². The summed E-state index contributed by atoms with van der Waals surface area (Å²) in [5.74, 6) is 0.706. The van der Waals surface area contributed by atoms with Gasteiger partial charge in [-0.15, -0.1) is 10.2 Å². The number of ether oxygens (including phenoxy) is 2. The molecular formula is C31H35N5O4S. The third-order valence-corrected chi connectivity index (χ3v) is 8.06. The van der Waals surface area contributed by atoms with E-state index in [0.29, 0.717) is 25.3 Å². The first-order valence-corrected chi connectivity index (χ1v) is 14.7. The molecule has 0 aliphatic carbocycles. The van der Waals surface area contributed by atoms with Gasteiger partial charge in [0.25, 0.3) is 0 Å². The molecule has 0 spiro atoms. The van der Waals surface area contributed by atoms with Gasteiger partial charge in [-0.05, 0) is 46.9 Å². The number of aromatic nitrogens is 3. The van der Waals surface area contributed by atoms with Crippen molar-refractivity contribution in [1.82, 2.24) is 25.4 Å². The first-order valence-electron chi connectivity index (χ1n) is 13.7. The lowest BCUT2D eigenvalue weighted by Gasteiger charge is -2.36. The summed E-state index contributed by atoms with van der Waals surface area (Å²) in [7, 11) is 1.93. The first-order chi connectivity index (χ1) is 20.0. The van der Waals surface area contributed by atoms with Crippen LogP contribution in [0.25, 0.3) is 11.1 Å². The first kappa shape index (κ1) is 28.8. The van der Waals surface area contributed by atoms with Gasteiger partial charge in [0, 0.05) is 37.9 Å². The van der Waals surface area contributed by atoms with E-state index in [9.17, 15) is 9.90 Å². The average molecular weight is 574 g/mol. The number of rotatable bonds is 10. The van der Waals surface area contributed by atoms with Crippen molar-refractivity contribution in [2.45, 2.75) is 50.2 Å². The number of thioether (sulfide) groups is 1. The second kappa shape index (κ2) is 13.8. The Morgan fingerprint density at radius 1 is 1.00 bits per heavy atom. The highest BCUT2D eigenvalue weighted by atomic mass is 32.2. The Hall–Kier alpha value is -3.70. The van der Waals surface area contributed by atoms with Gasteiger partial charge in [-0.3, -0.25) is 0 Å². The number of aliphatic hydroxyl groups excluding tert-OH is 1. The average Bonchev–Trinajstić information content (AvgIpc) is 3.43. The van der Waals surface area contributed by atoms with E-state index >= 15 is 0 Å². The molecule has 1 aromatic heterocycles. The van der Waals surface area contributed by atoms with Gasteiger partial charge in [-0.2, -0.15) is 0 Å². The fraction of sp³-hybridized carbons (Fsp3) is 0.323. The molecule has 214 valence electrons. The standard InChI is InChI=1S/C31H35N5O4S/c1-3-32-30(38)33-17-22-6-4-7-24(14-22)25-8-5-9-26(15-25)29-39-27(19-41-31-35-34-20-36(31)2)16-28(40-29)23-12-10-21(18-37)11-13-23/h4-15,20,27-29,37H,3,16-19H2,1-2H3,(H2,32,33,38)/t27-,28+,29+/m0/s1.